The van der Waals surface area contributed by atoms with Crippen LogP contribution >= 0.6 is 11.8 Å². The van der Waals surface area contributed by atoms with Crippen molar-refractivity contribution >= 4 is 160 Å². The number of carbonyl (C=O) groups is 25. The largest absolute Gasteiger partial charge is 0.508 e. The number of nitrogens with zero attached hydrogens (tertiary/aromatic N) is 1. The molecule has 18 amide bonds. The maximum Gasteiger partial charge on any atom is 0.326 e. The van der Waals surface area contributed by atoms with Crippen LogP contribution in [0.15, 0.2) is 36.8 Å². The molecule has 0 aliphatic carbocycles. The summed E-state index contributed by atoms with van der Waals surface area (Å²) in [6, 6.07) is -21.4. The summed E-state index contributed by atoms with van der Waals surface area (Å²) in [5.74, 6) is -34.7. The number of hydrogen-bond acceptors (Lipinski definition) is 32. The molecule has 57 nitrogen and oxygen atoms in total. The number of aromatic nitrogens is 2. The maximum atomic E-state index is 14.2. The standard InChI is InChI=1S/C78H115N21O36S/c1-34(2)19-45(71(127)96-50(78(134)135)20-37-7-9-39(103)10-8-37)94-74(130)49(24-62(118)119)95-69(125)42(12-15-58(110)111)91-72(128)46(21-38-25-80-33-85-38)88-54(105)27-83-67(123)44(17-18-136-6)93-76(132)52(32-102)98-73(129)48(23-61(116)117)90-56(107)29-84-68(124)47(22-60(114)115)89-55(106)28-82-66(122)41(11-14-57(108)109)87-53(104)26-81-64(120)36(5)86-77(133)63(35(3)4)99-70(126)43(13-16-59(112)113)92-75(131)51(31-101)97-65(121)40(79)30-100/h7-10,25,33-36,40-52,63,100-103H,11-24,26-32,79H2,1-6H3,(H,80,85)(H,81,120)(H,82,122)(H,83,123)(H,84,124)(H,86,133)(H,87,104)(H,88,105)(H,89,106)(H,90,107)(H,91,128)(H,92,131)(H,93,132)(H,94,130)(H,95,125)(H,96,127)(H,97,121)(H,98,129)(H,99,126)(H,108,109)(H,110,111)(H,112,113)(H,114,115)(H,116,117)(H,118,119)(H,134,135)/t36-,40-,41-,42-,43-,44-,45-,46-,47-,48-,49-,50-,51-,52-,63-/m0/s1. The first kappa shape index (κ1) is 117. The highest BCUT2D eigenvalue weighted by atomic mass is 32.2. The third-order valence-corrected chi connectivity index (χ3v) is 19.6. The number of nitrogens with one attached hydrogen (secondary N) is 19. The van der Waals surface area contributed by atoms with Crippen LogP contribution in [0, 0.1) is 11.8 Å². The van der Waals surface area contributed by atoms with Crippen LogP contribution in [-0.2, 0) is 133 Å². The number of thioether (sulfide) groups is 1. The molecular formula is C78H115N21O36S. The van der Waals surface area contributed by atoms with E-state index < -0.39 is 361 Å². The van der Waals surface area contributed by atoms with E-state index in [1.807, 2.05) is 31.9 Å². The van der Waals surface area contributed by atoms with Gasteiger partial charge in [0, 0.05) is 44.0 Å². The number of phenols is 1. The Morgan fingerprint density at radius 1 is 0.360 bits per heavy atom. The minimum absolute atomic E-state index is 0.0816. The van der Waals surface area contributed by atoms with E-state index in [2.05, 4.69) is 73.8 Å². The van der Waals surface area contributed by atoms with E-state index in [9.17, 15) is 171 Å². The van der Waals surface area contributed by atoms with Gasteiger partial charge in [0.1, 0.15) is 96.4 Å². The van der Waals surface area contributed by atoms with E-state index in [1.165, 1.54) is 50.6 Å². The third-order valence-electron chi connectivity index (χ3n) is 19.0. The highest BCUT2D eigenvalue weighted by molar-refractivity contribution is 7.98. The Bertz CT molecular complexity index is 4560. The third kappa shape index (κ3) is 45.5. The fourth-order valence-corrected chi connectivity index (χ4v) is 12.3. The van der Waals surface area contributed by atoms with E-state index >= 15 is 0 Å². The molecule has 2 aromatic rings. The number of aliphatic hydroxyl groups excluding tert-OH is 3. The van der Waals surface area contributed by atoms with E-state index in [4.69, 9.17) is 10.8 Å². The lowest BCUT2D eigenvalue weighted by Gasteiger charge is -2.27. The summed E-state index contributed by atoms with van der Waals surface area (Å²) in [5, 5.41) is 145. The van der Waals surface area contributed by atoms with Gasteiger partial charge in [-0.1, -0.05) is 39.8 Å². The first-order valence-electron chi connectivity index (χ1n) is 41.5. The smallest absolute Gasteiger partial charge is 0.326 e. The first-order chi connectivity index (χ1) is 63.8. The monoisotopic (exact) mass is 1950 g/mol. The summed E-state index contributed by atoms with van der Waals surface area (Å²) in [5.41, 5.74) is 5.95. The number of hydrogen-bond donors (Lipinski definition) is 31. The van der Waals surface area contributed by atoms with Crippen LogP contribution in [0.1, 0.15) is 117 Å². The van der Waals surface area contributed by atoms with E-state index in [0.29, 0.717) is 5.56 Å². The normalized spacial score (nSPS) is 14.2. The average Bonchev–Trinajstić information content (AvgIpc) is 0.874. The van der Waals surface area contributed by atoms with Gasteiger partial charge in [-0.15, -0.1) is 0 Å². The zero-order valence-corrected chi connectivity index (χ0v) is 75.0. The van der Waals surface area contributed by atoms with Gasteiger partial charge in [0.25, 0.3) is 0 Å². The molecule has 136 heavy (non-hydrogen) atoms. The van der Waals surface area contributed by atoms with Crippen molar-refractivity contribution in [1.29, 1.82) is 0 Å². The van der Waals surface area contributed by atoms with Crippen LogP contribution in [0.2, 0.25) is 0 Å². The molecule has 32 N–H and O–H groups in total. The van der Waals surface area contributed by atoms with Gasteiger partial charge < -0.3 is 163 Å². The molecule has 754 valence electrons. The van der Waals surface area contributed by atoms with Gasteiger partial charge in [-0.3, -0.25) is 115 Å². The molecule has 1 aromatic carbocycles. The van der Waals surface area contributed by atoms with Crippen LogP contribution in [0.5, 0.6) is 5.75 Å². The number of carboxylic acids is 7. The minimum atomic E-state index is -2.17. The molecule has 1 heterocycles. The molecule has 0 aliphatic rings. The number of carbonyl (C=O) groups excluding carboxylic acids is 18. The highest BCUT2D eigenvalue weighted by Gasteiger charge is 2.39. The van der Waals surface area contributed by atoms with E-state index in [0.717, 1.165) is 18.7 Å². The number of aliphatic carboxylic acids is 7. The Morgan fingerprint density at radius 2 is 0.699 bits per heavy atom. The van der Waals surface area contributed by atoms with Gasteiger partial charge in [-0.2, -0.15) is 11.8 Å². The van der Waals surface area contributed by atoms with Gasteiger partial charge in [0.2, 0.25) is 106 Å². The van der Waals surface area contributed by atoms with Gasteiger partial charge in [-0.05, 0) is 80.6 Å². The van der Waals surface area contributed by atoms with Crippen LogP contribution in [0.3, 0.4) is 0 Å². The predicted octanol–water partition coefficient (Wildman–Crippen LogP) is -13.0. The number of aromatic hydroxyl groups is 1. The summed E-state index contributed by atoms with van der Waals surface area (Å²) in [7, 11) is 0. The Balaban J connectivity index is 2.20. The fraction of sp³-hybridized carbons (Fsp3) is 0.564. The molecule has 0 fully saturated rings. The van der Waals surface area contributed by atoms with Gasteiger partial charge >= 0.3 is 41.8 Å². The van der Waals surface area contributed by atoms with Crippen molar-refractivity contribution in [3.63, 3.8) is 0 Å². The Hall–Kier alpha value is -14.8. The number of benzene rings is 1. The van der Waals surface area contributed by atoms with Crippen LogP contribution < -0.4 is 101 Å². The lowest BCUT2D eigenvalue weighted by atomic mass is 10.0. The Kier molecular flexibility index (Phi) is 52.0. The van der Waals surface area contributed by atoms with Crippen molar-refractivity contribution in [2.75, 3.05) is 58.0 Å². The summed E-state index contributed by atoms with van der Waals surface area (Å²) >= 11 is 1.13. The van der Waals surface area contributed by atoms with Gasteiger partial charge in [0.05, 0.1) is 71.6 Å². The maximum absolute atomic E-state index is 14.2. The second-order valence-corrected chi connectivity index (χ2v) is 31.9. The first-order valence-corrected chi connectivity index (χ1v) is 42.9. The van der Waals surface area contributed by atoms with Crippen molar-refractivity contribution in [2.24, 2.45) is 17.6 Å². The highest BCUT2D eigenvalue weighted by Crippen LogP contribution is 2.16. The van der Waals surface area contributed by atoms with Crippen molar-refractivity contribution < 1.29 is 176 Å². The number of amides is 18. The van der Waals surface area contributed by atoms with E-state index in [1.54, 1.807) is 20.1 Å². The Labute approximate surface area is 776 Å². The zero-order chi connectivity index (χ0) is 103. The van der Waals surface area contributed by atoms with Crippen molar-refractivity contribution in [2.45, 2.75) is 209 Å². The van der Waals surface area contributed by atoms with E-state index in [-0.39, 0.29) is 36.5 Å². The molecule has 0 saturated heterocycles. The number of phenolic OH excluding ortho intramolecular Hbond substituents is 1. The quantitative estimate of drug-likeness (QED) is 0.0292. The van der Waals surface area contributed by atoms with Crippen molar-refractivity contribution in [1.82, 2.24) is 106 Å². The number of aliphatic hydroxyl groups is 3. The van der Waals surface area contributed by atoms with Crippen molar-refractivity contribution in [3.8, 4) is 5.75 Å². The SMILES string of the molecule is CSCC[C@H](NC(=O)[C@H](CO)NC(=O)[C@H](CC(=O)O)NC(=O)CNC(=O)[C@H](CC(=O)O)NC(=O)CNC(=O)[C@H](CCC(=O)O)NC(=O)CNC(=O)[C@H](C)NC(=O)[C@@H](NC(=O)[C@H](CCC(=O)O)NC(=O)[C@H](CO)NC(=O)[C@@H](N)CO)C(C)C)C(=O)NCC(=O)N[C@@H](Cc1cnc[nH]1)C(=O)N[C@@H](CCC(=O)O)C(=O)N[C@@H](CC(=O)O)C(=O)N[C@@H](CC(C)C)C(=O)N[C@@H](Cc1ccc(O)cc1)C(=O)O. The number of imidazole rings is 1. The summed E-state index contributed by atoms with van der Waals surface area (Å²) in [6.07, 6.45) is -5.39. The van der Waals surface area contributed by atoms with Gasteiger partial charge in [0.15, 0.2) is 0 Å². The summed E-state index contributed by atoms with van der Waals surface area (Å²) in [4.78, 5) is 332. The summed E-state index contributed by atoms with van der Waals surface area (Å²) in [6.45, 7) is -0.343. The molecule has 0 saturated carbocycles. The average molecular weight is 1950 g/mol. The number of carboxylic acid groups (broad SMARTS) is 7. The van der Waals surface area contributed by atoms with Crippen molar-refractivity contribution in [3.05, 3.63) is 48.0 Å². The second kappa shape index (κ2) is 60.3. The molecule has 58 heteroatoms. The fourth-order valence-electron chi connectivity index (χ4n) is 11.8. The van der Waals surface area contributed by atoms with Crippen LogP contribution in [0.4, 0.5) is 0 Å². The molecule has 0 radical (unpaired) electrons. The molecule has 0 aliphatic heterocycles. The molecule has 2 rings (SSSR count). The topological polar surface area (TPSA) is 921 Å². The lowest BCUT2D eigenvalue weighted by molar-refractivity contribution is -0.143. The number of rotatable bonds is 65. The van der Waals surface area contributed by atoms with Crippen LogP contribution in [-0.4, -0.2) is 363 Å². The van der Waals surface area contributed by atoms with Crippen LogP contribution in [0.25, 0.3) is 0 Å². The molecule has 1 aromatic heterocycles. The summed E-state index contributed by atoms with van der Waals surface area (Å²) < 4.78 is 0. The lowest BCUT2D eigenvalue weighted by Crippen LogP contribution is -2.60. The Morgan fingerprint density at radius 3 is 1.10 bits per heavy atom. The molecule has 15 atom stereocenters. The number of aromatic amines is 1. The molecule has 0 spiro atoms. The molecule has 0 bridgehead atoms. The molecular weight excluding hydrogens is 1840 g/mol. The number of nitrogens with two attached hydrogens (primary N) is 1. The second-order valence-electron chi connectivity index (χ2n) is 30.9. The van der Waals surface area contributed by atoms with Gasteiger partial charge in [-0.25, -0.2) is 9.78 Å². The minimum Gasteiger partial charge on any atom is -0.508 e. The predicted molar refractivity (Wildman–Crippen MR) is 460 cm³/mol. The molecule has 0 unspecified atom stereocenters. The zero-order valence-electron chi connectivity index (χ0n) is 74.2. The number of H-pyrrole nitrogens is 1.